The second kappa shape index (κ2) is 5.71. The first-order chi connectivity index (χ1) is 8.03. The van der Waals surface area contributed by atoms with Crippen LogP contribution in [0.4, 0.5) is 0 Å². The molecule has 1 atom stereocenters. The van der Waals surface area contributed by atoms with E-state index in [0.717, 1.165) is 12.0 Å². The summed E-state index contributed by atoms with van der Waals surface area (Å²) in [4.78, 5) is 2.73. The Labute approximate surface area is 107 Å². The van der Waals surface area contributed by atoms with Gasteiger partial charge in [-0.05, 0) is 56.5 Å². The van der Waals surface area contributed by atoms with E-state index >= 15 is 0 Å². The molecule has 100 valence electrons. The van der Waals surface area contributed by atoms with Gasteiger partial charge in [-0.25, -0.2) is 0 Å². The van der Waals surface area contributed by atoms with Crippen LogP contribution in [0.25, 0.3) is 0 Å². The third-order valence-corrected chi connectivity index (χ3v) is 4.03. The molecule has 1 saturated carbocycles. The van der Waals surface area contributed by atoms with Crippen molar-refractivity contribution in [1.29, 1.82) is 0 Å². The standard InChI is InChI=1S/C15H30N2/c1-15(2,3)8-10-17(11-13-6-7-13)12-14-5-4-9-16-14/h13-14,16H,4-12H2,1-3H3. The van der Waals surface area contributed by atoms with Gasteiger partial charge in [0.25, 0.3) is 0 Å². The molecule has 2 aliphatic rings. The van der Waals surface area contributed by atoms with Gasteiger partial charge in [0.2, 0.25) is 0 Å². The molecule has 0 bridgehead atoms. The van der Waals surface area contributed by atoms with E-state index in [9.17, 15) is 0 Å². The van der Waals surface area contributed by atoms with Gasteiger partial charge in [0, 0.05) is 19.1 Å². The van der Waals surface area contributed by atoms with Gasteiger partial charge >= 0.3 is 0 Å². The highest BCUT2D eigenvalue weighted by molar-refractivity contribution is 4.83. The molecule has 2 heteroatoms. The van der Waals surface area contributed by atoms with E-state index < -0.39 is 0 Å². The first kappa shape index (κ1) is 13.4. The van der Waals surface area contributed by atoms with Crippen molar-refractivity contribution < 1.29 is 0 Å². The van der Waals surface area contributed by atoms with Crippen LogP contribution >= 0.6 is 0 Å². The lowest BCUT2D eigenvalue weighted by Crippen LogP contribution is -2.40. The molecule has 1 aliphatic heterocycles. The van der Waals surface area contributed by atoms with E-state index in [-0.39, 0.29) is 0 Å². The van der Waals surface area contributed by atoms with Crippen LogP contribution in [0.15, 0.2) is 0 Å². The summed E-state index contributed by atoms with van der Waals surface area (Å²) in [5.41, 5.74) is 0.477. The summed E-state index contributed by atoms with van der Waals surface area (Å²) in [5, 5.41) is 3.64. The highest BCUT2D eigenvalue weighted by Gasteiger charge is 2.27. The van der Waals surface area contributed by atoms with E-state index in [1.807, 2.05) is 0 Å². The Morgan fingerprint density at radius 2 is 1.88 bits per heavy atom. The quantitative estimate of drug-likeness (QED) is 0.765. The Kier molecular flexibility index (Phi) is 4.48. The molecule has 2 fully saturated rings. The molecule has 0 aromatic heterocycles. The maximum Gasteiger partial charge on any atom is 0.0195 e. The largest absolute Gasteiger partial charge is 0.313 e. The molecule has 1 aliphatic carbocycles. The van der Waals surface area contributed by atoms with Crippen molar-refractivity contribution in [2.24, 2.45) is 11.3 Å². The molecule has 0 aromatic carbocycles. The van der Waals surface area contributed by atoms with E-state index in [1.165, 1.54) is 58.3 Å². The Morgan fingerprint density at radius 3 is 2.41 bits per heavy atom. The average Bonchev–Trinajstić information content (AvgIpc) is 2.89. The summed E-state index contributed by atoms with van der Waals surface area (Å²) in [5.74, 6) is 1.02. The van der Waals surface area contributed by atoms with Crippen molar-refractivity contribution >= 4 is 0 Å². The maximum absolute atomic E-state index is 3.64. The fourth-order valence-corrected chi connectivity index (χ4v) is 2.64. The lowest BCUT2D eigenvalue weighted by Gasteiger charge is -2.29. The Balaban J connectivity index is 1.74. The molecule has 1 saturated heterocycles. The topological polar surface area (TPSA) is 15.3 Å². The molecule has 1 heterocycles. The molecule has 0 radical (unpaired) electrons. The van der Waals surface area contributed by atoms with Gasteiger partial charge in [0.15, 0.2) is 0 Å². The number of hydrogen-bond donors (Lipinski definition) is 1. The van der Waals surface area contributed by atoms with Crippen LogP contribution in [0.5, 0.6) is 0 Å². The lowest BCUT2D eigenvalue weighted by atomic mass is 9.92. The molecular weight excluding hydrogens is 208 g/mol. The van der Waals surface area contributed by atoms with Crippen LogP contribution in [-0.2, 0) is 0 Å². The summed E-state index contributed by atoms with van der Waals surface area (Å²) in [6.07, 6.45) is 7.04. The highest BCUT2D eigenvalue weighted by atomic mass is 15.2. The fraction of sp³-hybridized carbons (Fsp3) is 1.00. The van der Waals surface area contributed by atoms with Crippen LogP contribution in [0, 0.1) is 11.3 Å². The predicted octanol–water partition coefficient (Wildman–Crippen LogP) is 2.89. The van der Waals surface area contributed by atoms with Crippen LogP contribution in [0.2, 0.25) is 0 Å². The van der Waals surface area contributed by atoms with E-state index in [0.29, 0.717) is 5.41 Å². The van der Waals surface area contributed by atoms with Crippen molar-refractivity contribution in [3.63, 3.8) is 0 Å². The van der Waals surface area contributed by atoms with E-state index in [1.54, 1.807) is 0 Å². The summed E-state index contributed by atoms with van der Waals surface area (Å²) >= 11 is 0. The summed E-state index contributed by atoms with van der Waals surface area (Å²) in [6.45, 7) is 12.2. The molecular formula is C15H30N2. The zero-order valence-electron chi connectivity index (χ0n) is 12.0. The minimum Gasteiger partial charge on any atom is -0.313 e. The third-order valence-electron chi connectivity index (χ3n) is 4.03. The number of nitrogens with zero attached hydrogens (tertiary/aromatic N) is 1. The van der Waals surface area contributed by atoms with Gasteiger partial charge in [-0.2, -0.15) is 0 Å². The summed E-state index contributed by atoms with van der Waals surface area (Å²) in [6, 6.07) is 0.772. The average molecular weight is 238 g/mol. The minimum atomic E-state index is 0.477. The minimum absolute atomic E-state index is 0.477. The molecule has 0 spiro atoms. The molecule has 1 N–H and O–H groups in total. The summed E-state index contributed by atoms with van der Waals surface area (Å²) < 4.78 is 0. The van der Waals surface area contributed by atoms with E-state index in [4.69, 9.17) is 0 Å². The zero-order chi connectivity index (χ0) is 12.3. The maximum atomic E-state index is 3.64. The van der Waals surface area contributed by atoms with Gasteiger partial charge in [0.05, 0.1) is 0 Å². The highest BCUT2D eigenvalue weighted by Crippen LogP contribution is 2.30. The van der Waals surface area contributed by atoms with Crippen molar-refractivity contribution in [2.45, 2.75) is 58.9 Å². The number of rotatable bonds is 6. The third kappa shape index (κ3) is 5.39. The molecule has 1 unspecified atom stereocenters. The molecule has 17 heavy (non-hydrogen) atoms. The Morgan fingerprint density at radius 1 is 1.12 bits per heavy atom. The van der Waals surface area contributed by atoms with Crippen molar-refractivity contribution in [3.8, 4) is 0 Å². The number of nitrogens with one attached hydrogen (secondary N) is 1. The normalized spacial score (nSPS) is 25.8. The predicted molar refractivity (Wildman–Crippen MR) is 74.3 cm³/mol. The smallest absolute Gasteiger partial charge is 0.0195 e. The lowest BCUT2D eigenvalue weighted by molar-refractivity contribution is 0.205. The van der Waals surface area contributed by atoms with Crippen molar-refractivity contribution in [1.82, 2.24) is 10.2 Å². The van der Waals surface area contributed by atoms with Gasteiger partial charge in [-0.15, -0.1) is 0 Å². The first-order valence-corrected chi connectivity index (χ1v) is 7.49. The van der Waals surface area contributed by atoms with E-state index in [2.05, 4.69) is 31.0 Å². The fourth-order valence-electron chi connectivity index (χ4n) is 2.64. The van der Waals surface area contributed by atoms with Gasteiger partial charge in [-0.1, -0.05) is 20.8 Å². The molecule has 2 nitrogen and oxygen atoms in total. The molecule has 2 rings (SSSR count). The first-order valence-electron chi connectivity index (χ1n) is 7.49. The van der Waals surface area contributed by atoms with Crippen molar-refractivity contribution in [2.75, 3.05) is 26.2 Å². The zero-order valence-corrected chi connectivity index (χ0v) is 12.0. The van der Waals surface area contributed by atoms with Crippen LogP contribution < -0.4 is 5.32 Å². The number of hydrogen-bond acceptors (Lipinski definition) is 2. The summed E-state index contributed by atoms with van der Waals surface area (Å²) in [7, 11) is 0. The van der Waals surface area contributed by atoms with Gasteiger partial charge in [-0.3, -0.25) is 0 Å². The van der Waals surface area contributed by atoms with Gasteiger partial charge < -0.3 is 10.2 Å². The van der Waals surface area contributed by atoms with Gasteiger partial charge in [0.1, 0.15) is 0 Å². The van der Waals surface area contributed by atoms with Crippen LogP contribution in [0.3, 0.4) is 0 Å². The van der Waals surface area contributed by atoms with Crippen molar-refractivity contribution in [3.05, 3.63) is 0 Å². The second-order valence-electron chi connectivity index (χ2n) is 7.31. The Hall–Kier alpha value is -0.0800. The molecule has 0 aromatic rings. The monoisotopic (exact) mass is 238 g/mol. The molecule has 0 amide bonds. The SMILES string of the molecule is CC(C)(C)CCN(CC1CC1)CC1CCCN1. The second-order valence-corrected chi connectivity index (χ2v) is 7.31. The Bertz CT molecular complexity index is 222. The van der Waals surface area contributed by atoms with Crippen LogP contribution in [0.1, 0.15) is 52.9 Å². The van der Waals surface area contributed by atoms with Crippen LogP contribution in [-0.4, -0.2) is 37.1 Å².